The smallest absolute Gasteiger partial charge is 0.125 e. The first-order chi connectivity index (χ1) is 8.22. The van der Waals surface area contributed by atoms with Crippen molar-refractivity contribution in [1.29, 1.82) is 0 Å². The minimum absolute atomic E-state index is 0.158. The molecule has 1 aromatic rings. The molecule has 3 nitrogen and oxygen atoms in total. The lowest BCUT2D eigenvalue weighted by Gasteiger charge is -2.42. The van der Waals surface area contributed by atoms with Gasteiger partial charge in [-0.1, -0.05) is 6.07 Å². The molecule has 1 heterocycles. The third kappa shape index (κ3) is 2.76. The van der Waals surface area contributed by atoms with Crippen molar-refractivity contribution >= 4 is 5.69 Å². The van der Waals surface area contributed by atoms with E-state index in [1.54, 1.807) is 12.1 Å². The Labute approximate surface area is 101 Å². The molecule has 2 unspecified atom stereocenters. The van der Waals surface area contributed by atoms with Crippen LogP contribution in [0.5, 0.6) is 0 Å². The zero-order chi connectivity index (χ0) is 12.3. The molecular formula is C13H19FN2O. The van der Waals surface area contributed by atoms with Gasteiger partial charge in [-0.3, -0.25) is 0 Å². The highest BCUT2D eigenvalue weighted by molar-refractivity contribution is 5.49. The van der Waals surface area contributed by atoms with Gasteiger partial charge in [0.1, 0.15) is 5.82 Å². The predicted molar refractivity (Wildman–Crippen MR) is 66.7 cm³/mol. The summed E-state index contributed by atoms with van der Waals surface area (Å²) in [6, 6.07) is 7.21. The van der Waals surface area contributed by atoms with Gasteiger partial charge in [0.2, 0.25) is 0 Å². The lowest BCUT2D eigenvalue weighted by molar-refractivity contribution is 0.259. The van der Waals surface area contributed by atoms with Gasteiger partial charge in [0.05, 0.1) is 0 Å². The van der Waals surface area contributed by atoms with Gasteiger partial charge in [-0.2, -0.15) is 0 Å². The Bertz CT molecular complexity index is 370. The molecule has 2 N–H and O–H groups in total. The standard InChI is InChI=1S/C13H19FN2O/c1-10-8-15-9-13(5-6-17)16(10)12-4-2-3-11(14)7-12/h2-4,7,10,13,15,17H,5-6,8-9H2,1H3. The number of nitrogens with one attached hydrogen (secondary N) is 1. The molecule has 0 amide bonds. The van der Waals surface area contributed by atoms with E-state index in [9.17, 15) is 4.39 Å². The summed E-state index contributed by atoms with van der Waals surface area (Å²) in [7, 11) is 0. The van der Waals surface area contributed by atoms with Crippen LogP contribution < -0.4 is 10.2 Å². The quantitative estimate of drug-likeness (QED) is 0.835. The van der Waals surface area contributed by atoms with E-state index in [1.807, 2.05) is 6.07 Å². The summed E-state index contributed by atoms with van der Waals surface area (Å²) in [5.41, 5.74) is 0.900. The highest BCUT2D eigenvalue weighted by Crippen LogP contribution is 2.24. The van der Waals surface area contributed by atoms with Crippen LogP contribution in [-0.2, 0) is 0 Å². The van der Waals surface area contributed by atoms with Gasteiger partial charge in [0, 0.05) is 37.5 Å². The lowest BCUT2D eigenvalue weighted by atomic mass is 10.0. The Morgan fingerprint density at radius 2 is 2.29 bits per heavy atom. The molecule has 1 saturated heterocycles. The summed E-state index contributed by atoms with van der Waals surface area (Å²) in [6.07, 6.45) is 0.702. The Kier molecular flexibility index (Phi) is 3.97. The van der Waals surface area contributed by atoms with Gasteiger partial charge in [0.25, 0.3) is 0 Å². The molecule has 0 saturated carbocycles. The number of piperazine rings is 1. The molecule has 94 valence electrons. The van der Waals surface area contributed by atoms with Gasteiger partial charge >= 0.3 is 0 Å². The van der Waals surface area contributed by atoms with Crippen LogP contribution in [0.4, 0.5) is 10.1 Å². The first-order valence-corrected chi connectivity index (χ1v) is 6.08. The molecule has 0 bridgehead atoms. The molecule has 0 spiro atoms. The van der Waals surface area contributed by atoms with Crippen LogP contribution in [0.2, 0.25) is 0 Å². The van der Waals surface area contributed by atoms with E-state index in [0.29, 0.717) is 12.5 Å². The summed E-state index contributed by atoms with van der Waals surface area (Å²) in [5.74, 6) is -0.212. The van der Waals surface area contributed by atoms with E-state index in [4.69, 9.17) is 5.11 Å². The number of nitrogens with zero attached hydrogens (tertiary/aromatic N) is 1. The number of rotatable bonds is 3. The molecule has 0 aromatic heterocycles. The fraction of sp³-hybridized carbons (Fsp3) is 0.538. The zero-order valence-electron chi connectivity index (χ0n) is 10.1. The number of benzene rings is 1. The number of anilines is 1. The highest BCUT2D eigenvalue weighted by Gasteiger charge is 2.27. The Balaban J connectivity index is 2.24. The molecule has 1 aliphatic rings. The molecule has 2 rings (SSSR count). The molecule has 2 atom stereocenters. The van der Waals surface area contributed by atoms with Crippen molar-refractivity contribution in [2.75, 3.05) is 24.6 Å². The average molecular weight is 238 g/mol. The fourth-order valence-corrected chi connectivity index (χ4v) is 2.51. The van der Waals surface area contributed by atoms with Crippen LogP contribution in [0.25, 0.3) is 0 Å². The van der Waals surface area contributed by atoms with E-state index in [-0.39, 0.29) is 18.5 Å². The summed E-state index contributed by atoms with van der Waals surface area (Å²) in [4.78, 5) is 2.20. The normalized spacial score (nSPS) is 25.0. The Morgan fingerprint density at radius 1 is 1.47 bits per heavy atom. The molecule has 0 radical (unpaired) electrons. The second kappa shape index (κ2) is 5.47. The van der Waals surface area contributed by atoms with Crippen molar-refractivity contribution in [3.63, 3.8) is 0 Å². The van der Waals surface area contributed by atoms with E-state index < -0.39 is 0 Å². The fourth-order valence-electron chi connectivity index (χ4n) is 2.51. The van der Waals surface area contributed by atoms with Crippen LogP contribution in [0.15, 0.2) is 24.3 Å². The van der Waals surface area contributed by atoms with Crippen LogP contribution in [-0.4, -0.2) is 36.9 Å². The number of halogens is 1. The van der Waals surface area contributed by atoms with E-state index in [1.165, 1.54) is 6.07 Å². The largest absolute Gasteiger partial charge is 0.396 e. The van der Waals surface area contributed by atoms with Crippen molar-refractivity contribution in [2.45, 2.75) is 25.4 Å². The van der Waals surface area contributed by atoms with Crippen LogP contribution in [0.3, 0.4) is 0 Å². The minimum Gasteiger partial charge on any atom is -0.396 e. The zero-order valence-corrected chi connectivity index (χ0v) is 10.1. The lowest BCUT2D eigenvalue weighted by Crippen LogP contribution is -2.56. The van der Waals surface area contributed by atoms with Crippen molar-refractivity contribution in [2.24, 2.45) is 0 Å². The molecule has 0 aliphatic carbocycles. The third-order valence-electron chi connectivity index (χ3n) is 3.26. The van der Waals surface area contributed by atoms with Gasteiger partial charge in [0.15, 0.2) is 0 Å². The van der Waals surface area contributed by atoms with E-state index in [0.717, 1.165) is 18.8 Å². The summed E-state index contributed by atoms with van der Waals surface area (Å²) >= 11 is 0. The van der Waals surface area contributed by atoms with Crippen LogP contribution in [0, 0.1) is 5.82 Å². The minimum atomic E-state index is -0.212. The Morgan fingerprint density at radius 3 is 3.00 bits per heavy atom. The predicted octanol–water partition coefficient (Wildman–Crippen LogP) is 1.37. The van der Waals surface area contributed by atoms with Gasteiger partial charge < -0.3 is 15.3 Å². The maximum Gasteiger partial charge on any atom is 0.125 e. The summed E-state index contributed by atoms with van der Waals surface area (Å²) in [5, 5.41) is 12.4. The number of aliphatic hydroxyl groups is 1. The van der Waals surface area contributed by atoms with Crippen molar-refractivity contribution < 1.29 is 9.50 Å². The number of hydrogen-bond donors (Lipinski definition) is 2. The highest BCUT2D eigenvalue weighted by atomic mass is 19.1. The van der Waals surface area contributed by atoms with Gasteiger partial charge in [-0.15, -0.1) is 0 Å². The average Bonchev–Trinajstić information content (AvgIpc) is 2.29. The topological polar surface area (TPSA) is 35.5 Å². The maximum atomic E-state index is 13.3. The van der Waals surface area contributed by atoms with E-state index >= 15 is 0 Å². The second-order valence-corrected chi connectivity index (χ2v) is 4.56. The van der Waals surface area contributed by atoms with Crippen LogP contribution >= 0.6 is 0 Å². The van der Waals surface area contributed by atoms with Crippen molar-refractivity contribution in [3.8, 4) is 0 Å². The number of hydrogen-bond acceptors (Lipinski definition) is 3. The molecule has 1 fully saturated rings. The van der Waals surface area contributed by atoms with Crippen molar-refractivity contribution in [1.82, 2.24) is 5.32 Å². The first kappa shape index (κ1) is 12.3. The first-order valence-electron chi connectivity index (χ1n) is 6.08. The van der Waals surface area contributed by atoms with Crippen molar-refractivity contribution in [3.05, 3.63) is 30.1 Å². The molecule has 1 aromatic carbocycles. The van der Waals surface area contributed by atoms with Gasteiger partial charge in [-0.05, 0) is 31.5 Å². The van der Waals surface area contributed by atoms with Crippen LogP contribution in [0.1, 0.15) is 13.3 Å². The maximum absolute atomic E-state index is 13.3. The molecule has 17 heavy (non-hydrogen) atoms. The van der Waals surface area contributed by atoms with E-state index in [2.05, 4.69) is 17.1 Å². The Hall–Kier alpha value is -1.13. The SMILES string of the molecule is CC1CNCC(CCO)N1c1cccc(F)c1. The summed E-state index contributed by atoms with van der Waals surface area (Å²) in [6.45, 7) is 3.99. The number of aliphatic hydroxyl groups excluding tert-OH is 1. The third-order valence-corrected chi connectivity index (χ3v) is 3.26. The van der Waals surface area contributed by atoms with Gasteiger partial charge in [-0.25, -0.2) is 4.39 Å². The molecule has 4 heteroatoms. The second-order valence-electron chi connectivity index (χ2n) is 4.56. The summed E-state index contributed by atoms with van der Waals surface area (Å²) < 4.78 is 13.3. The molecular weight excluding hydrogens is 219 g/mol. The molecule has 1 aliphatic heterocycles. The monoisotopic (exact) mass is 238 g/mol.